The monoisotopic (exact) mass is 239 g/mol. The van der Waals surface area contributed by atoms with Crippen LogP contribution in [0.4, 0.5) is 0 Å². The summed E-state index contributed by atoms with van der Waals surface area (Å²) in [5.41, 5.74) is 0.976. The lowest BCUT2D eigenvalue weighted by Gasteiger charge is -2.19. The Hall–Kier alpha value is -2.13. The standard InChI is InChI=1S/C15H13NO2/c1-15(17,11-7-3-2-4-8-11)14-16-12-9-5-6-10-13(12)18-14/h2-10,17H,1H3/t15-/m1/s1. The number of fused-ring (bicyclic) bond motifs is 1. The van der Waals surface area contributed by atoms with Gasteiger partial charge in [-0.3, -0.25) is 0 Å². The molecule has 0 amide bonds. The van der Waals surface area contributed by atoms with Gasteiger partial charge in [0.25, 0.3) is 0 Å². The molecule has 1 heterocycles. The van der Waals surface area contributed by atoms with Gasteiger partial charge in [-0.1, -0.05) is 42.5 Å². The van der Waals surface area contributed by atoms with Gasteiger partial charge in [0, 0.05) is 0 Å². The zero-order valence-corrected chi connectivity index (χ0v) is 10.00. The third-order valence-electron chi connectivity index (χ3n) is 3.05. The molecular weight excluding hydrogens is 226 g/mol. The summed E-state index contributed by atoms with van der Waals surface area (Å²) in [5, 5.41) is 10.6. The highest BCUT2D eigenvalue weighted by Gasteiger charge is 2.31. The van der Waals surface area contributed by atoms with E-state index in [1.54, 1.807) is 6.92 Å². The van der Waals surface area contributed by atoms with E-state index in [9.17, 15) is 5.11 Å². The van der Waals surface area contributed by atoms with Crippen molar-refractivity contribution >= 4 is 11.1 Å². The van der Waals surface area contributed by atoms with E-state index in [2.05, 4.69) is 4.98 Å². The van der Waals surface area contributed by atoms with Crippen LogP contribution < -0.4 is 0 Å². The van der Waals surface area contributed by atoms with E-state index in [4.69, 9.17) is 4.42 Å². The fraction of sp³-hybridized carbons (Fsp3) is 0.133. The molecule has 1 aromatic heterocycles. The van der Waals surface area contributed by atoms with Crippen LogP contribution in [0.5, 0.6) is 0 Å². The van der Waals surface area contributed by atoms with Crippen molar-refractivity contribution in [3.05, 3.63) is 66.1 Å². The van der Waals surface area contributed by atoms with Gasteiger partial charge in [0.05, 0.1) is 0 Å². The van der Waals surface area contributed by atoms with Gasteiger partial charge in [-0.05, 0) is 24.6 Å². The van der Waals surface area contributed by atoms with E-state index in [1.807, 2.05) is 54.6 Å². The number of oxazole rings is 1. The number of aliphatic hydroxyl groups is 1. The number of hydrogen-bond acceptors (Lipinski definition) is 3. The van der Waals surface area contributed by atoms with E-state index in [-0.39, 0.29) is 0 Å². The predicted molar refractivity (Wildman–Crippen MR) is 69.1 cm³/mol. The van der Waals surface area contributed by atoms with Gasteiger partial charge in [0.1, 0.15) is 5.52 Å². The van der Waals surface area contributed by atoms with Crippen molar-refractivity contribution in [3.63, 3.8) is 0 Å². The van der Waals surface area contributed by atoms with Gasteiger partial charge in [-0.15, -0.1) is 0 Å². The van der Waals surface area contributed by atoms with Gasteiger partial charge in [-0.25, -0.2) is 4.98 Å². The molecule has 18 heavy (non-hydrogen) atoms. The van der Waals surface area contributed by atoms with Crippen LogP contribution in [-0.4, -0.2) is 10.1 Å². The topological polar surface area (TPSA) is 46.3 Å². The minimum atomic E-state index is -1.22. The third kappa shape index (κ3) is 1.69. The molecule has 0 radical (unpaired) electrons. The number of hydrogen-bond donors (Lipinski definition) is 1. The molecule has 0 aliphatic carbocycles. The second kappa shape index (κ2) is 3.96. The Bertz CT molecular complexity index is 638. The largest absolute Gasteiger partial charge is 0.437 e. The van der Waals surface area contributed by atoms with Crippen molar-refractivity contribution in [3.8, 4) is 0 Å². The summed E-state index contributed by atoms with van der Waals surface area (Å²) >= 11 is 0. The first-order valence-electron chi connectivity index (χ1n) is 5.82. The van der Waals surface area contributed by atoms with Crippen LogP contribution in [0.1, 0.15) is 18.4 Å². The maximum atomic E-state index is 10.6. The summed E-state index contributed by atoms with van der Waals surface area (Å²) in [6.45, 7) is 1.69. The van der Waals surface area contributed by atoms with Crippen molar-refractivity contribution in [2.45, 2.75) is 12.5 Å². The number of rotatable bonds is 2. The zero-order valence-electron chi connectivity index (χ0n) is 10.00. The second-order valence-electron chi connectivity index (χ2n) is 4.42. The van der Waals surface area contributed by atoms with Crippen LogP contribution >= 0.6 is 0 Å². The van der Waals surface area contributed by atoms with E-state index in [1.165, 1.54) is 0 Å². The minimum Gasteiger partial charge on any atom is -0.437 e. The second-order valence-corrected chi connectivity index (χ2v) is 4.42. The zero-order chi connectivity index (χ0) is 12.6. The molecule has 0 aliphatic heterocycles. The number of aromatic nitrogens is 1. The summed E-state index contributed by atoms with van der Waals surface area (Å²) in [5.74, 6) is 0.315. The van der Waals surface area contributed by atoms with E-state index >= 15 is 0 Å². The van der Waals surface area contributed by atoms with Crippen LogP contribution in [0.15, 0.2) is 59.0 Å². The molecule has 3 aromatic rings. The third-order valence-corrected chi connectivity index (χ3v) is 3.05. The molecule has 3 rings (SSSR count). The highest BCUT2D eigenvalue weighted by molar-refractivity contribution is 5.72. The summed E-state index contributed by atoms with van der Waals surface area (Å²) in [6.07, 6.45) is 0. The number of benzene rings is 2. The molecule has 0 spiro atoms. The van der Waals surface area contributed by atoms with E-state index in [0.29, 0.717) is 11.5 Å². The maximum Gasteiger partial charge on any atom is 0.231 e. The van der Waals surface area contributed by atoms with E-state index < -0.39 is 5.60 Å². The Morgan fingerprint density at radius 1 is 1.00 bits per heavy atom. The lowest BCUT2D eigenvalue weighted by Crippen LogP contribution is -2.22. The Labute approximate surface area is 105 Å². The summed E-state index contributed by atoms with van der Waals surface area (Å²) < 4.78 is 5.63. The van der Waals surface area contributed by atoms with Crippen molar-refractivity contribution < 1.29 is 9.52 Å². The molecule has 1 N–H and O–H groups in total. The molecule has 90 valence electrons. The normalized spacial score (nSPS) is 14.6. The summed E-state index contributed by atoms with van der Waals surface area (Å²) in [4.78, 5) is 4.34. The van der Waals surface area contributed by atoms with Crippen LogP contribution in [-0.2, 0) is 5.60 Å². The average molecular weight is 239 g/mol. The lowest BCUT2D eigenvalue weighted by atomic mass is 9.96. The molecule has 0 bridgehead atoms. The van der Waals surface area contributed by atoms with Gasteiger partial charge < -0.3 is 9.52 Å². The average Bonchev–Trinajstić information content (AvgIpc) is 2.84. The molecule has 0 saturated heterocycles. The Balaban J connectivity index is 2.13. The quantitative estimate of drug-likeness (QED) is 0.747. The molecule has 3 nitrogen and oxygen atoms in total. The predicted octanol–water partition coefficient (Wildman–Crippen LogP) is 3.08. The molecule has 0 aliphatic rings. The fourth-order valence-electron chi connectivity index (χ4n) is 1.97. The molecule has 0 fully saturated rings. The lowest BCUT2D eigenvalue weighted by molar-refractivity contribution is 0.0727. The number of nitrogens with zero attached hydrogens (tertiary/aromatic N) is 1. The Kier molecular flexibility index (Phi) is 2.42. The maximum absolute atomic E-state index is 10.6. The summed E-state index contributed by atoms with van der Waals surface area (Å²) in [7, 11) is 0. The molecule has 0 saturated carbocycles. The summed E-state index contributed by atoms with van der Waals surface area (Å²) in [6, 6.07) is 16.9. The van der Waals surface area contributed by atoms with Crippen molar-refractivity contribution in [2.75, 3.05) is 0 Å². The van der Waals surface area contributed by atoms with Crippen molar-refractivity contribution in [2.24, 2.45) is 0 Å². The SMILES string of the molecule is C[C@@](O)(c1ccccc1)c1nc2ccccc2o1. The van der Waals surface area contributed by atoms with Crippen LogP contribution in [0.25, 0.3) is 11.1 Å². The van der Waals surface area contributed by atoms with Crippen LogP contribution in [0.3, 0.4) is 0 Å². The smallest absolute Gasteiger partial charge is 0.231 e. The molecule has 0 unspecified atom stereocenters. The van der Waals surface area contributed by atoms with Crippen LogP contribution in [0.2, 0.25) is 0 Å². The first kappa shape index (κ1) is 11.0. The Morgan fingerprint density at radius 2 is 1.67 bits per heavy atom. The molecule has 2 aromatic carbocycles. The van der Waals surface area contributed by atoms with Gasteiger partial charge in [0.2, 0.25) is 5.89 Å². The van der Waals surface area contributed by atoms with Crippen molar-refractivity contribution in [1.82, 2.24) is 4.98 Å². The molecule has 1 atom stereocenters. The minimum absolute atomic E-state index is 0.315. The highest BCUT2D eigenvalue weighted by Crippen LogP contribution is 2.30. The first-order valence-corrected chi connectivity index (χ1v) is 5.82. The van der Waals surface area contributed by atoms with Crippen LogP contribution in [0, 0.1) is 0 Å². The van der Waals surface area contributed by atoms with Crippen molar-refractivity contribution in [1.29, 1.82) is 0 Å². The number of para-hydroxylation sites is 2. The first-order chi connectivity index (χ1) is 8.68. The van der Waals surface area contributed by atoms with Gasteiger partial charge in [-0.2, -0.15) is 0 Å². The van der Waals surface area contributed by atoms with Gasteiger partial charge >= 0.3 is 0 Å². The molecule has 3 heteroatoms. The molecular formula is C15H13NO2. The Morgan fingerprint density at radius 3 is 2.39 bits per heavy atom. The highest BCUT2D eigenvalue weighted by atomic mass is 16.4. The fourth-order valence-corrected chi connectivity index (χ4v) is 1.97. The van der Waals surface area contributed by atoms with E-state index in [0.717, 1.165) is 11.1 Å². The van der Waals surface area contributed by atoms with Gasteiger partial charge in [0.15, 0.2) is 11.2 Å².